The van der Waals surface area contributed by atoms with Crippen molar-refractivity contribution in [3.8, 4) is 0 Å². The maximum Gasteiger partial charge on any atom is 0.205 e. The van der Waals surface area contributed by atoms with Crippen LogP contribution < -0.4 is 0 Å². The first-order valence-electron chi connectivity index (χ1n) is 7.41. The van der Waals surface area contributed by atoms with Crippen LogP contribution in [-0.2, 0) is 15.3 Å². The summed E-state index contributed by atoms with van der Waals surface area (Å²) in [6, 6.07) is 7.23. The Morgan fingerprint density at radius 1 is 1.05 bits per heavy atom. The molecular formula is C18H24NO2S. The number of sulfone groups is 1. The third kappa shape index (κ3) is 3.27. The van der Waals surface area contributed by atoms with Crippen LogP contribution in [0.2, 0.25) is 0 Å². The van der Waals surface area contributed by atoms with Gasteiger partial charge in [-0.05, 0) is 35.6 Å². The van der Waals surface area contributed by atoms with Crippen LogP contribution in [0.4, 0.5) is 0 Å². The zero-order valence-electron chi connectivity index (χ0n) is 13.9. The third-order valence-corrected chi connectivity index (χ3v) is 5.62. The maximum atomic E-state index is 12.9. The molecule has 2 rings (SSSR count). The highest BCUT2D eigenvalue weighted by Gasteiger charge is 2.26. The summed E-state index contributed by atoms with van der Waals surface area (Å²) in [5.41, 5.74) is 1.86. The van der Waals surface area contributed by atoms with Crippen LogP contribution in [-0.4, -0.2) is 27.4 Å². The van der Waals surface area contributed by atoms with Gasteiger partial charge in [0, 0.05) is 20.5 Å². The number of likely N-dealkylation sites (N-methyl/N-ethyl adjacent to an activating group) is 1. The zero-order valence-corrected chi connectivity index (χ0v) is 14.7. The van der Waals surface area contributed by atoms with Crippen LogP contribution in [0.3, 0.4) is 0 Å². The fourth-order valence-corrected chi connectivity index (χ4v) is 4.01. The summed E-state index contributed by atoms with van der Waals surface area (Å²) in [6.07, 6.45) is 6.27. The first-order chi connectivity index (χ1) is 10.1. The molecule has 1 radical (unpaired) electrons. The van der Waals surface area contributed by atoms with Gasteiger partial charge >= 0.3 is 0 Å². The highest BCUT2D eigenvalue weighted by atomic mass is 32.2. The van der Waals surface area contributed by atoms with Gasteiger partial charge in [-0.15, -0.1) is 0 Å². The number of rotatable bonds is 3. The van der Waals surface area contributed by atoms with Crippen molar-refractivity contribution in [3.63, 3.8) is 0 Å². The van der Waals surface area contributed by atoms with E-state index in [1.165, 1.54) is 0 Å². The minimum atomic E-state index is -3.49. The lowest BCUT2D eigenvalue weighted by Crippen LogP contribution is -2.19. The Morgan fingerprint density at radius 2 is 1.64 bits per heavy atom. The molecule has 0 amide bonds. The molecule has 119 valence electrons. The van der Waals surface area contributed by atoms with E-state index in [9.17, 15) is 8.42 Å². The molecule has 0 atom stereocenters. The van der Waals surface area contributed by atoms with Crippen LogP contribution in [0.15, 0.2) is 51.9 Å². The Morgan fingerprint density at radius 3 is 2.14 bits per heavy atom. The summed E-state index contributed by atoms with van der Waals surface area (Å²) < 4.78 is 25.8. The fraction of sp³-hybridized carbons (Fsp3) is 0.389. The Bertz CT molecular complexity index is 702. The van der Waals surface area contributed by atoms with E-state index in [4.69, 9.17) is 0 Å². The van der Waals surface area contributed by atoms with Gasteiger partial charge in [0.1, 0.15) is 0 Å². The van der Waals surface area contributed by atoms with E-state index >= 15 is 0 Å². The molecule has 0 unspecified atom stereocenters. The van der Waals surface area contributed by atoms with Gasteiger partial charge in [-0.1, -0.05) is 39.0 Å². The van der Waals surface area contributed by atoms with Gasteiger partial charge in [0.25, 0.3) is 0 Å². The molecule has 0 saturated heterocycles. The molecular weight excluding hydrogens is 294 g/mol. The lowest BCUT2D eigenvalue weighted by Gasteiger charge is -2.23. The zero-order chi connectivity index (χ0) is 16.5. The molecule has 1 aromatic carbocycles. The second-order valence-corrected chi connectivity index (χ2v) is 8.68. The van der Waals surface area contributed by atoms with Crippen LogP contribution in [0.5, 0.6) is 0 Å². The van der Waals surface area contributed by atoms with Crippen LogP contribution in [0.1, 0.15) is 32.8 Å². The Labute approximate surface area is 134 Å². The highest BCUT2D eigenvalue weighted by molar-refractivity contribution is 7.95. The number of benzene rings is 1. The third-order valence-electron chi connectivity index (χ3n) is 3.77. The average Bonchev–Trinajstić information content (AvgIpc) is 2.46. The predicted molar refractivity (Wildman–Crippen MR) is 91.1 cm³/mol. The SMILES string of the molecule is CN(C)C1=C(S(=O)(=O)c2ccc(C(C)(C)C)cc2)[CH]CC=C1. The molecule has 0 saturated carbocycles. The minimum Gasteiger partial charge on any atom is -0.377 e. The highest BCUT2D eigenvalue weighted by Crippen LogP contribution is 2.31. The predicted octanol–water partition coefficient (Wildman–Crippen LogP) is 3.70. The van der Waals surface area contributed by atoms with Gasteiger partial charge in [0.05, 0.1) is 15.5 Å². The molecule has 0 fully saturated rings. The van der Waals surface area contributed by atoms with Crippen molar-refractivity contribution in [3.05, 3.63) is 59.0 Å². The summed E-state index contributed by atoms with van der Waals surface area (Å²) in [4.78, 5) is 2.58. The van der Waals surface area contributed by atoms with Crippen molar-refractivity contribution in [1.29, 1.82) is 0 Å². The van der Waals surface area contributed by atoms with Gasteiger partial charge in [0.15, 0.2) is 0 Å². The normalized spacial score (nSPS) is 16.0. The van der Waals surface area contributed by atoms with E-state index in [-0.39, 0.29) is 5.41 Å². The summed E-state index contributed by atoms with van der Waals surface area (Å²) in [6.45, 7) is 6.34. The number of nitrogens with zero attached hydrogens (tertiary/aromatic N) is 1. The lowest BCUT2D eigenvalue weighted by atomic mass is 9.87. The van der Waals surface area contributed by atoms with Gasteiger partial charge in [0.2, 0.25) is 9.84 Å². The number of allylic oxidation sites excluding steroid dienone is 3. The van der Waals surface area contributed by atoms with Gasteiger partial charge in [-0.25, -0.2) is 8.42 Å². The first-order valence-corrected chi connectivity index (χ1v) is 8.89. The van der Waals surface area contributed by atoms with E-state index in [0.717, 1.165) is 11.3 Å². The summed E-state index contributed by atoms with van der Waals surface area (Å²) in [5.74, 6) is 0. The van der Waals surface area contributed by atoms with E-state index in [1.54, 1.807) is 18.6 Å². The fourth-order valence-electron chi connectivity index (χ4n) is 2.42. The van der Waals surface area contributed by atoms with Crippen molar-refractivity contribution in [2.24, 2.45) is 0 Å². The van der Waals surface area contributed by atoms with E-state index in [2.05, 4.69) is 20.8 Å². The molecule has 1 aliphatic carbocycles. The van der Waals surface area contributed by atoms with Crippen LogP contribution >= 0.6 is 0 Å². The van der Waals surface area contributed by atoms with Crippen LogP contribution in [0, 0.1) is 6.42 Å². The Balaban J connectivity index is 2.49. The van der Waals surface area contributed by atoms with Crippen molar-refractivity contribution in [1.82, 2.24) is 4.90 Å². The summed E-state index contributed by atoms with van der Waals surface area (Å²) >= 11 is 0. The van der Waals surface area contributed by atoms with E-state index in [1.807, 2.05) is 43.3 Å². The first kappa shape index (κ1) is 16.8. The monoisotopic (exact) mass is 318 g/mol. The summed E-state index contributed by atoms with van der Waals surface area (Å²) in [7, 11) is 0.229. The van der Waals surface area contributed by atoms with Crippen molar-refractivity contribution in [2.75, 3.05) is 14.1 Å². The van der Waals surface area contributed by atoms with Gasteiger partial charge in [-0.2, -0.15) is 0 Å². The van der Waals surface area contributed by atoms with Gasteiger partial charge < -0.3 is 4.90 Å². The second-order valence-electron chi connectivity index (χ2n) is 6.76. The molecule has 0 N–H and O–H groups in total. The smallest absolute Gasteiger partial charge is 0.205 e. The Hall–Kier alpha value is -1.55. The molecule has 0 aromatic heterocycles. The molecule has 3 nitrogen and oxygen atoms in total. The Kier molecular flexibility index (Phi) is 4.52. The van der Waals surface area contributed by atoms with Crippen molar-refractivity contribution < 1.29 is 8.42 Å². The van der Waals surface area contributed by atoms with Crippen molar-refractivity contribution in [2.45, 2.75) is 37.5 Å². The number of hydrogen-bond acceptors (Lipinski definition) is 3. The molecule has 0 spiro atoms. The quantitative estimate of drug-likeness (QED) is 0.853. The molecule has 0 aliphatic heterocycles. The number of hydrogen-bond donors (Lipinski definition) is 0. The van der Waals surface area contributed by atoms with Crippen molar-refractivity contribution >= 4 is 9.84 Å². The molecule has 0 heterocycles. The largest absolute Gasteiger partial charge is 0.377 e. The van der Waals surface area contributed by atoms with Gasteiger partial charge in [-0.3, -0.25) is 0 Å². The molecule has 1 aliphatic rings. The van der Waals surface area contributed by atoms with Crippen LogP contribution in [0.25, 0.3) is 0 Å². The van der Waals surface area contributed by atoms with E-state index < -0.39 is 9.84 Å². The molecule has 0 bridgehead atoms. The average molecular weight is 318 g/mol. The molecule has 1 aromatic rings. The second kappa shape index (κ2) is 5.92. The lowest BCUT2D eigenvalue weighted by molar-refractivity contribution is 0.522. The molecule has 4 heteroatoms. The topological polar surface area (TPSA) is 37.4 Å². The molecule has 22 heavy (non-hydrogen) atoms. The summed E-state index contributed by atoms with van der Waals surface area (Å²) in [5, 5.41) is 0. The van der Waals surface area contributed by atoms with E-state index in [0.29, 0.717) is 16.2 Å². The minimum absolute atomic E-state index is 0.00998. The maximum absolute atomic E-state index is 12.9. The standard InChI is InChI=1S/C18H24NO2S/c1-18(2,3)14-10-12-15(13-11-14)22(20,21)17-9-7-6-8-16(17)19(4)5/h6,8-13H,7H2,1-5H3.